The third kappa shape index (κ3) is 3.32. The molecule has 1 aliphatic rings. The third-order valence-electron chi connectivity index (χ3n) is 5.01. The zero-order valence-electron chi connectivity index (χ0n) is 14.5. The summed E-state index contributed by atoms with van der Waals surface area (Å²) in [4.78, 5) is 2.64. The van der Waals surface area contributed by atoms with E-state index in [0.29, 0.717) is 11.4 Å². The van der Waals surface area contributed by atoms with Gasteiger partial charge in [-0.15, -0.1) is 0 Å². The number of sulfonamides is 1. The number of para-hydroxylation sites is 1. The molecule has 1 saturated heterocycles. The van der Waals surface area contributed by atoms with Crippen molar-refractivity contribution in [3.63, 3.8) is 0 Å². The van der Waals surface area contributed by atoms with Gasteiger partial charge in [0.05, 0.1) is 4.90 Å². The van der Waals surface area contributed by atoms with Crippen LogP contribution < -0.4 is 9.62 Å². The number of hydrogen-bond donors (Lipinski definition) is 1. The van der Waals surface area contributed by atoms with E-state index in [2.05, 4.69) is 21.8 Å². The molecule has 0 bridgehead atoms. The maximum atomic E-state index is 12.9. The summed E-state index contributed by atoms with van der Waals surface area (Å²) in [6.07, 6.45) is 2.07. The Morgan fingerprint density at radius 1 is 0.923 bits per heavy atom. The predicted octanol–water partition coefficient (Wildman–Crippen LogP) is 3.79. The molecule has 1 heterocycles. The van der Waals surface area contributed by atoms with Crippen LogP contribution in [0.3, 0.4) is 0 Å². The molecule has 1 aliphatic heterocycles. The summed E-state index contributed by atoms with van der Waals surface area (Å²) in [6, 6.07) is 23.4. The highest BCUT2D eigenvalue weighted by atomic mass is 32.2. The van der Waals surface area contributed by atoms with E-state index in [-0.39, 0.29) is 6.04 Å². The van der Waals surface area contributed by atoms with E-state index >= 15 is 0 Å². The Morgan fingerprint density at radius 2 is 1.65 bits per heavy atom. The Bertz CT molecular complexity index is 997. The quantitative estimate of drug-likeness (QED) is 0.747. The van der Waals surface area contributed by atoms with E-state index in [4.69, 9.17) is 0 Å². The standard InChI is InChI=1S/C21H22N2O2S/c24-26(25,21-14-6-9-17-8-4-5-13-20(17)21)22-16-19-12-7-15-23(19)18-10-2-1-3-11-18/h1-6,8-11,13-14,19,22H,7,12,15-16H2. The van der Waals surface area contributed by atoms with Gasteiger partial charge < -0.3 is 4.90 Å². The topological polar surface area (TPSA) is 49.4 Å². The molecule has 1 fully saturated rings. The van der Waals surface area contributed by atoms with Crippen molar-refractivity contribution in [2.45, 2.75) is 23.8 Å². The minimum absolute atomic E-state index is 0.183. The molecule has 0 spiro atoms. The number of nitrogens with zero attached hydrogens (tertiary/aromatic N) is 1. The minimum Gasteiger partial charge on any atom is -0.367 e. The molecular weight excluding hydrogens is 344 g/mol. The van der Waals surface area contributed by atoms with Gasteiger partial charge in [-0.05, 0) is 36.4 Å². The second kappa shape index (κ2) is 7.09. The second-order valence-electron chi connectivity index (χ2n) is 6.65. The smallest absolute Gasteiger partial charge is 0.241 e. The van der Waals surface area contributed by atoms with Gasteiger partial charge in [0.15, 0.2) is 0 Å². The first-order valence-corrected chi connectivity index (χ1v) is 10.4. The summed E-state index contributed by atoms with van der Waals surface area (Å²) >= 11 is 0. The van der Waals surface area contributed by atoms with Crippen LogP contribution in [-0.2, 0) is 10.0 Å². The molecule has 4 rings (SSSR count). The molecule has 1 unspecified atom stereocenters. The molecule has 0 amide bonds. The maximum absolute atomic E-state index is 12.9. The van der Waals surface area contributed by atoms with Crippen molar-refractivity contribution in [1.29, 1.82) is 0 Å². The van der Waals surface area contributed by atoms with Gasteiger partial charge in [0, 0.05) is 30.2 Å². The number of hydrogen-bond acceptors (Lipinski definition) is 3. The predicted molar refractivity (Wildman–Crippen MR) is 106 cm³/mol. The van der Waals surface area contributed by atoms with E-state index < -0.39 is 10.0 Å². The molecule has 1 atom stereocenters. The highest BCUT2D eigenvalue weighted by Crippen LogP contribution is 2.26. The van der Waals surface area contributed by atoms with Gasteiger partial charge in [0.25, 0.3) is 0 Å². The van der Waals surface area contributed by atoms with E-state index in [1.54, 1.807) is 12.1 Å². The molecule has 3 aromatic rings. The van der Waals surface area contributed by atoms with Crippen LogP contribution in [0.5, 0.6) is 0 Å². The fourth-order valence-electron chi connectivity index (χ4n) is 3.72. The average Bonchev–Trinajstić information content (AvgIpc) is 3.15. The van der Waals surface area contributed by atoms with Crippen molar-refractivity contribution < 1.29 is 8.42 Å². The first kappa shape index (κ1) is 17.1. The minimum atomic E-state index is -3.56. The summed E-state index contributed by atoms with van der Waals surface area (Å²) in [6.45, 7) is 1.38. The van der Waals surface area contributed by atoms with Crippen LogP contribution in [0.4, 0.5) is 5.69 Å². The van der Waals surface area contributed by atoms with Gasteiger partial charge in [0.1, 0.15) is 0 Å². The molecule has 26 heavy (non-hydrogen) atoms. The van der Waals surface area contributed by atoms with Crippen LogP contribution in [-0.4, -0.2) is 27.5 Å². The van der Waals surface area contributed by atoms with E-state index in [1.807, 2.05) is 48.5 Å². The largest absolute Gasteiger partial charge is 0.367 e. The lowest BCUT2D eigenvalue weighted by Gasteiger charge is -2.27. The summed E-state index contributed by atoms with van der Waals surface area (Å²) in [5, 5.41) is 1.69. The molecule has 134 valence electrons. The first-order chi connectivity index (χ1) is 12.6. The molecule has 1 N–H and O–H groups in total. The summed E-state index contributed by atoms with van der Waals surface area (Å²) in [7, 11) is -3.56. The van der Waals surface area contributed by atoms with Crippen molar-refractivity contribution >= 4 is 26.5 Å². The number of anilines is 1. The fraction of sp³-hybridized carbons (Fsp3) is 0.238. The maximum Gasteiger partial charge on any atom is 0.241 e. The van der Waals surface area contributed by atoms with Crippen molar-refractivity contribution in [1.82, 2.24) is 4.72 Å². The highest BCUT2D eigenvalue weighted by molar-refractivity contribution is 7.89. The van der Waals surface area contributed by atoms with Crippen LogP contribution in [0.2, 0.25) is 0 Å². The second-order valence-corrected chi connectivity index (χ2v) is 8.39. The van der Waals surface area contributed by atoms with Crippen LogP contribution in [0, 0.1) is 0 Å². The van der Waals surface area contributed by atoms with Gasteiger partial charge in [-0.25, -0.2) is 13.1 Å². The molecule has 0 aromatic heterocycles. The first-order valence-electron chi connectivity index (χ1n) is 8.94. The number of benzene rings is 3. The Hall–Kier alpha value is -2.37. The van der Waals surface area contributed by atoms with E-state index in [0.717, 1.165) is 35.8 Å². The van der Waals surface area contributed by atoms with Crippen LogP contribution in [0.1, 0.15) is 12.8 Å². The fourth-order valence-corrected chi connectivity index (χ4v) is 5.02. The lowest BCUT2D eigenvalue weighted by atomic mass is 10.1. The molecule has 0 aliphatic carbocycles. The zero-order chi connectivity index (χ0) is 18.0. The summed E-state index contributed by atoms with van der Waals surface area (Å²) in [5.74, 6) is 0. The van der Waals surface area contributed by atoms with Gasteiger partial charge >= 0.3 is 0 Å². The van der Waals surface area contributed by atoms with E-state index in [1.165, 1.54) is 0 Å². The SMILES string of the molecule is O=S(=O)(NCC1CCCN1c1ccccc1)c1cccc2ccccc12. The Labute approximate surface area is 154 Å². The van der Waals surface area contributed by atoms with Gasteiger partial charge in [0.2, 0.25) is 10.0 Å². The van der Waals surface area contributed by atoms with Crippen molar-refractivity contribution in [2.75, 3.05) is 18.0 Å². The Balaban J connectivity index is 1.55. The van der Waals surface area contributed by atoms with Gasteiger partial charge in [-0.1, -0.05) is 54.6 Å². The Kier molecular flexibility index (Phi) is 4.66. The third-order valence-corrected chi connectivity index (χ3v) is 6.49. The van der Waals surface area contributed by atoms with Gasteiger partial charge in [-0.2, -0.15) is 0 Å². The highest BCUT2D eigenvalue weighted by Gasteiger charge is 2.27. The lowest BCUT2D eigenvalue weighted by Crippen LogP contribution is -2.40. The monoisotopic (exact) mass is 366 g/mol. The molecule has 4 nitrogen and oxygen atoms in total. The number of nitrogens with one attached hydrogen (secondary N) is 1. The zero-order valence-corrected chi connectivity index (χ0v) is 15.3. The van der Waals surface area contributed by atoms with Gasteiger partial charge in [-0.3, -0.25) is 0 Å². The van der Waals surface area contributed by atoms with Crippen LogP contribution in [0.25, 0.3) is 10.8 Å². The van der Waals surface area contributed by atoms with E-state index in [9.17, 15) is 8.42 Å². The number of fused-ring (bicyclic) bond motifs is 1. The molecule has 0 saturated carbocycles. The normalized spacial score (nSPS) is 17.7. The average molecular weight is 366 g/mol. The molecule has 5 heteroatoms. The molecule has 0 radical (unpaired) electrons. The summed E-state index contributed by atoms with van der Waals surface area (Å²) in [5.41, 5.74) is 1.15. The van der Waals surface area contributed by atoms with Crippen LogP contribution >= 0.6 is 0 Å². The molecular formula is C21H22N2O2S. The lowest BCUT2D eigenvalue weighted by molar-refractivity contribution is 0.568. The summed E-state index contributed by atoms with van der Waals surface area (Å²) < 4.78 is 28.7. The Morgan fingerprint density at radius 3 is 2.50 bits per heavy atom. The van der Waals surface area contributed by atoms with Crippen molar-refractivity contribution in [3.05, 3.63) is 72.8 Å². The molecule has 3 aromatic carbocycles. The van der Waals surface area contributed by atoms with Crippen molar-refractivity contribution in [3.8, 4) is 0 Å². The number of rotatable bonds is 5. The van der Waals surface area contributed by atoms with Crippen molar-refractivity contribution in [2.24, 2.45) is 0 Å². The van der Waals surface area contributed by atoms with Crippen LogP contribution in [0.15, 0.2) is 77.7 Å².